The van der Waals surface area contributed by atoms with Crippen molar-refractivity contribution in [2.24, 2.45) is 0 Å². The molecule has 1 nitrogen and oxygen atoms in total. The van der Waals surface area contributed by atoms with Gasteiger partial charge in [0.25, 0.3) is 0 Å². The van der Waals surface area contributed by atoms with Crippen molar-refractivity contribution < 1.29 is 4.74 Å². The van der Waals surface area contributed by atoms with Crippen molar-refractivity contribution in [1.29, 1.82) is 0 Å². The molecule has 0 saturated heterocycles. The third-order valence-corrected chi connectivity index (χ3v) is 3.09. The molecule has 0 amide bonds. The first kappa shape index (κ1) is 12.7. The average molecular weight is 234 g/mol. The van der Waals surface area contributed by atoms with Crippen LogP contribution in [0.4, 0.5) is 0 Å². The number of aryl methyl sites for hydroxylation is 1. The summed E-state index contributed by atoms with van der Waals surface area (Å²) in [5.74, 6) is 1.04. The Bertz CT molecular complexity index is 481. The second kappa shape index (κ2) is 5.72. The molecule has 2 heteroatoms. The Morgan fingerprint density at radius 1 is 0.882 bits per heavy atom. The molecule has 82 valence electrons. The maximum atomic E-state index is 6.02. The predicted molar refractivity (Wildman–Crippen MR) is 71.7 cm³/mol. The van der Waals surface area contributed by atoms with Gasteiger partial charge in [-0.15, -0.1) is 0 Å². The van der Waals surface area contributed by atoms with Crippen LogP contribution >= 0.6 is 0 Å². The maximum absolute atomic E-state index is 6.02. The van der Waals surface area contributed by atoms with Crippen molar-refractivity contribution in [2.75, 3.05) is 0 Å². The maximum Gasteiger partial charge on any atom is 0.124 e. The molecule has 1 unspecified atom stereocenters. The molecule has 17 heavy (non-hydrogen) atoms. The predicted octanol–water partition coefficient (Wildman–Crippen LogP) is 3.10. The Kier molecular flexibility index (Phi) is 4.27. The first-order chi connectivity index (χ1) is 7.93. The van der Waals surface area contributed by atoms with Gasteiger partial charge in [0.2, 0.25) is 0 Å². The monoisotopic (exact) mass is 234 g/mol. The minimum Gasteiger partial charge on any atom is -0.485 e. The first-order valence-electron chi connectivity index (χ1n) is 5.73. The van der Waals surface area contributed by atoms with Crippen molar-refractivity contribution in [3.05, 3.63) is 65.7 Å². The van der Waals surface area contributed by atoms with Crippen LogP contribution in [0.15, 0.2) is 54.6 Å². The number of fused-ring (bicyclic) bond motifs is 1. The summed E-state index contributed by atoms with van der Waals surface area (Å²) in [6.07, 6.45) is 2.40. The Morgan fingerprint density at radius 3 is 2.41 bits per heavy atom. The molecule has 1 heterocycles. The van der Waals surface area contributed by atoms with Crippen LogP contribution in [-0.4, -0.2) is 29.6 Å². The molecule has 0 radical (unpaired) electrons. The largest absolute Gasteiger partial charge is 0.485 e. The Balaban J connectivity index is 0.00000108. The van der Waals surface area contributed by atoms with Gasteiger partial charge in [-0.2, -0.15) is 0 Å². The van der Waals surface area contributed by atoms with E-state index < -0.39 is 0 Å². The van der Waals surface area contributed by atoms with Crippen molar-refractivity contribution in [3.63, 3.8) is 0 Å². The fourth-order valence-electron chi connectivity index (χ4n) is 2.23. The van der Waals surface area contributed by atoms with Crippen LogP contribution in [0.1, 0.15) is 23.7 Å². The molecular formula is C15H15NaO. The van der Waals surface area contributed by atoms with Crippen LogP contribution in [0.2, 0.25) is 0 Å². The van der Waals surface area contributed by atoms with E-state index in [-0.39, 0.29) is 35.7 Å². The first-order valence-corrected chi connectivity index (χ1v) is 5.73. The summed E-state index contributed by atoms with van der Waals surface area (Å²) in [7, 11) is 0. The molecule has 1 atom stereocenters. The average Bonchev–Trinajstić information content (AvgIpc) is 2.39. The summed E-state index contributed by atoms with van der Waals surface area (Å²) in [6.45, 7) is 0. The molecular weight excluding hydrogens is 219 g/mol. The molecule has 0 aliphatic carbocycles. The summed E-state index contributed by atoms with van der Waals surface area (Å²) in [4.78, 5) is 0. The molecule has 2 aromatic carbocycles. The van der Waals surface area contributed by atoms with Crippen LogP contribution in [0.25, 0.3) is 0 Å². The minimum absolute atomic E-state index is 0. The van der Waals surface area contributed by atoms with Gasteiger partial charge in [-0.05, 0) is 30.0 Å². The summed E-state index contributed by atoms with van der Waals surface area (Å²) in [5.41, 5.74) is 2.60. The van der Waals surface area contributed by atoms with Crippen molar-refractivity contribution in [1.82, 2.24) is 0 Å². The number of rotatable bonds is 1. The van der Waals surface area contributed by atoms with Crippen molar-refractivity contribution in [2.45, 2.75) is 18.9 Å². The van der Waals surface area contributed by atoms with Gasteiger partial charge in [-0.1, -0.05) is 48.5 Å². The molecule has 3 rings (SSSR count). The molecule has 1 aliphatic heterocycles. The molecule has 0 saturated carbocycles. The van der Waals surface area contributed by atoms with Crippen molar-refractivity contribution >= 4 is 29.6 Å². The van der Waals surface area contributed by atoms with Crippen molar-refractivity contribution in [3.8, 4) is 5.75 Å². The second-order valence-electron chi connectivity index (χ2n) is 4.16. The SMILES string of the molecule is [NaH].c1ccc(C2CCc3ccccc3O2)cc1. The summed E-state index contributed by atoms with van der Waals surface area (Å²) in [6, 6.07) is 18.8. The summed E-state index contributed by atoms with van der Waals surface area (Å²) in [5, 5.41) is 0. The summed E-state index contributed by atoms with van der Waals surface area (Å²) >= 11 is 0. The fourth-order valence-corrected chi connectivity index (χ4v) is 2.23. The van der Waals surface area contributed by atoms with Crippen LogP contribution in [0.3, 0.4) is 0 Å². The van der Waals surface area contributed by atoms with E-state index in [1.165, 1.54) is 11.1 Å². The van der Waals surface area contributed by atoms with E-state index in [2.05, 4.69) is 42.5 Å². The van der Waals surface area contributed by atoms with E-state index in [1.54, 1.807) is 0 Å². The van der Waals surface area contributed by atoms with Crippen LogP contribution < -0.4 is 4.74 Å². The van der Waals surface area contributed by atoms with Gasteiger partial charge < -0.3 is 4.74 Å². The van der Waals surface area contributed by atoms with E-state index in [0.29, 0.717) is 0 Å². The molecule has 2 aromatic rings. The van der Waals surface area contributed by atoms with E-state index >= 15 is 0 Å². The number of benzene rings is 2. The Hall–Kier alpha value is -0.760. The third kappa shape index (κ3) is 2.74. The number of ether oxygens (including phenoxy) is 1. The van der Waals surface area contributed by atoms with Gasteiger partial charge in [0.05, 0.1) is 0 Å². The zero-order valence-corrected chi connectivity index (χ0v) is 9.10. The molecule has 0 spiro atoms. The molecule has 1 aliphatic rings. The van der Waals surface area contributed by atoms with Gasteiger partial charge >= 0.3 is 29.6 Å². The van der Waals surface area contributed by atoms with E-state index in [4.69, 9.17) is 4.74 Å². The molecule has 0 aromatic heterocycles. The number of hydrogen-bond acceptors (Lipinski definition) is 1. The van der Waals surface area contributed by atoms with Gasteiger partial charge in [0, 0.05) is 0 Å². The number of para-hydroxylation sites is 1. The molecule has 0 N–H and O–H groups in total. The zero-order valence-electron chi connectivity index (χ0n) is 9.10. The van der Waals surface area contributed by atoms with E-state index in [0.717, 1.165) is 18.6 Å². The topological polar surface area (TPSA) is 9.23 Å². The fraction of sp³-hybridized carbons (Fsp3) is 0.200. The quantitative estimate of drug-likeness (QED) is 0.689. The van der Waals surface area contributed by atoms with Gasteiger partial charge in [-0.25, -0.2) is 0 Å². The Morgan fingerprint density at radius 2 is 1.59 bits per heavy atom. The standard InChI is InChI=1S/C15H14O.Na.H/c1-2-6-12(7-3-1)15-11-10-13-8-4-5-9-14(13)16-15;;/h1-9,15H,10-11H2;;. The minimum atomic E-state index is 0. The van der Waals surface area contributed by atoms with Crippen LogP contribution in [-0.2, 0) is 6.42 Å². The van der Waals surface area contributed by atoms with E-state index in [9.17, 15) is 0 Å². The van der Waals surface area contributed by atoms with Crippen LogP contribution in [0.5, 0.6) is 5.75 Å². The molecule has 0 fully saturated rings. The third-order valence-electron chi connectivity index (χ3n) is 3.09. The molecule has 0 bridgehead atoms. The number of hydrogen-bond donors (Lipinski definition) is 0. The Labute approximate surface area is 124 Å². The van der Waals surface area contributed by atoms with Gasteiger partial charge in [0.1, 0.15) is 11.9 Å². The van der Waals surface area contributed by atoms with Gasteiger partial charge in [-0.3, -0.25) is 0 Å². The van der Waals surface area contributed by atoms with Gasteiger partial charge in [0.15, 0.2) is 0 Å². The van der Waals surface area contributed by atoms with E-state index in [1.807, 2.05) is 12.1 Å². The summed E-state index contributed by atoms with van der Waals surface area (Å²) < 4.78 is 6.02. The zero-order chi connectivity index (χ0) is 10.8. The normalized spacial score (nSPS) is 17.5. The smallest absolute Gasteiger partial charge is 0.124 e. The second-order valence-corrected chi connectivity index (χ2v) is 4.16. The van der Waals surface area contributed by atoms with Crippen LogP contribution in [0, 0.1) is 0 Å².